The topological polar surface area (TPSA) is 38.9 Å². The molecule has 3 aromatic heterocycles. The molecular formula is C52H50IrN2O-2. The molecule has 0 saturated heterocycles. The first-order valence-electron chi connectivity index (χ1n) is 24.1. The normalized spacial score (nSPS) is 15.7. The van der Waals surface area contributed by atoms with E-state index in [4.69, 9.17) is 20.9 Å². The van der Waals surface area contributed by atoms with Gasteiger partial charge in [-0.15, -0.1) is 53.6 Å². The van der Waals surface area contributed by atoms with Gasteiger partial charge >= 0.3 is 0 Å². The Bertz CT molecular complexity index is 3010. The molecule has 8 aromatic rings. The molecule has 285 valence electrons. The smallest absolute Gasteiger partial charge is 0.120 e. The zero-order valence-corrected chi connectivity index (χ0v) is 34.6. The van der Waals surface area contributed by atoms with Crippen LogP contribution in [0.3, 0.4) is 0 Å². The van der Waals surface area contributed by atoms with Crippen molar-refractivity contribution in [2.75, 3.05) is 0 Å². The average Bonchev–Trinajstić information content (AvgIpc) is 3.63. The van der Waals surface area contributed by atoms with Gasteiger partial charge in [-0.2, -0.15) is 0 Å². The van der Waals surface area contributed by atoms with E-state index in [-0.39, 0.29) is 64.3 Å². The number of hydrogen-bond acceptors (Lipinski definition) is 3. The van der Waals surface area contributed by atoms with Crippen LogP contribution in [0.1, 0.15) is 91.4 Å². The minimum atomic E-state index is -2.72. The van der Waals surface area contributed by atoms with Gasteiger partial charge < -0.3 is 14.4 Å². The summed E-state index contributed by atoms with van der Waals surface area (Å²) in [5.74, 6) is 0. The summed E-state index contributed by atoms with van der Waals surface area (Å²) in [7, 11) is 0. The largest absolute Gasteiger partial charge is 0.501 e. The average molecular weight is 923 g/mol. The summed E-state index contributed by atoms with van der Waals surface area (Å²) in [5, 5.41) is 1.70. The van der Waals surface area contributed by atoms with Crippen molar-refractivity contribution in [3.8, 4) is 44.8 Å². The Morgan fingerprint density at radius 1 is 0.589 bits per heavy atom. The van der Waals surface area contributed by atoms with Crippen LogP contribution in [-0.2, 0) is 30.9 Å². The van der Waals surface area contributed by atoms with Gasteiger partial charge in [0.1, 0.15) is 5.58 Å². The molecule has 0 aliphatic heterocycles. The predicted molar refractivity (Wildman–Crippen MR) is 232 cm³/mol. The van der Waals surface area contributed by atoms with Gasteiger partial charge in [-0.25, -0.2) is 0 Å². The van der Waals surface area contributed by atoms with Gasteiger partial charge in [-0.3, -0.25) is 0 Å². The van der Waals surface area contributed by atoms with E-state index in [1.807, 2.05) is 60.8 Å². The minimum absolute atomic E-state index is 0. The maximum atomic E-state index is 8.49. The molecule has 4 heteroatoms. The van der Waals surface area contributed by atoms with E-state index in [1.165, 1.54) is 36.0 Å². The van der Waals surface area contributed by atoms with Crippen molar-refractivity contribution in [2.45, 2.75) is 79.8 Å². The molecule has 0 aliphatic carbocycles. The molecule has 0 N–H and O–H groups in total. The summed E-state index contributed by atoms with van der Waals surface area (Å²) in [5.41, 5.74) is 6.27. The maximum absolute atomic E-state index is 8.49. The Kier molecular flexibility index (Phi) is 7.91. The van der Waals surface area contributed by atoms with Gasteiger partial charge in [-0.1, -0.05) is 132 Å². The summed E-state index contributed by atoms with van der Waals surface area (Å²) in [6.07, 6.45) is 3.06. The van der Waals surface area contributed by atoms with Crippen LogP contribution in [0.5, 0.6) is 0 Å². The van der Waals surface area contributed by atoms with E-state index in [0.717, 1.165) is 27.6 Å². The zero-order valence-electron chi connectivity index (χ0n) is 44.2. The Morgan fingerprint density at radius 2 is 1.27 bits per heavy atom. The van der Waals surface area contributed by atoms with Crippen LogP contribution in [-0.4, -0.2) is 9.97 Å². The third-order valence-corrected chi connectivity index (χ3v) is 9.73. The minimum Gasteiger partial charge on any atom is -0.501 e. The number of rotatable bonds is 4. The molecule has 0 saturated carbocycles. The second-order valence-corrected chi connectivity index (χ2v) is 15.8. The maximum Gasteiger partial charge on any atom is 0.120 e. The third kappa shape index (κ3) is 8.48. The molecular weight excluding hydrogens is 861 g/mol. The van der Waals surface area contributed by atoms with Crippen LogP contribution >= 0.6 is 0 Å². The Morgan fingerprint density at radius 3 is 1.93 bits per heavy atom. The fourth-order valence-corrected chi connectivity index (χ4v) is 6.49. The van der Waals surface area contributed by atoms with E-state index < -0.39 is 27.4 Å². The number of hydrogen-bond donors (Lipinski definition) is 0. The number of para-hydroxylation sites is 1. The Balaban J connectivity index is 0.000000304. The van der Waals surface area contributed by atoms with Gasteiger partial charge in [0.05, 0.1) is 5.58 Å². The van der Waals surface area contributed by atoms with Crippen molar-refractivity contribution >= 4 is 21.9 Å². The number of furan rings is 1. The molecule has 0 atom stereocenters. The van der Waals surface area contributed by atoms with Gasteiger partial charge in [-0.05, 0) is 98.9 Å². The molecule has 56 heavy (non-hydrogen) atoms. The Labute approximate surface area is 363 Å². The molecule has 5 aromatic carbocycles. The fourth-order valence-electron chi connectivity index (χ4n) is 6.49. The summed E-state index contributed by atoms with van der Waals surface area (Å²) >= 11 is 0. The monoisotopic (exact) mass is 923 g/mol. The second kappa shape index (κ2) is 16.1. The van der Waals surface area contributed by atoms with E-state index in [9.17, 15) is 0 Å². The Hall–Kier alpha value is -5.15. The first-order chi connectivity index (χ1) is 31.0. The molecule has 0 bridgehead atoms. The molecule has 8 rings (SSSR count). The standard InChI is InChI=1S/C36H32NO.C16H18N.Ir/c1-22-19-31(23(2)18-30(22)25-14-16-26(17-15-25)36(4,5)6)32-20-33(37-21-24(32)3)29-12-9-11-28-27-10-7-8-13-34(27)38-35(28)29;1-12-5-7-13(8-6-12)15-10-9-14(11-17-15)16(2,3)4;/h7-11,13-21H,1-6H3;5-7,9-11H,1-4H3;/q2*-1;/i1D3,2D3,3D3;1D3;. The van der Waals surface area contributed by atoms with Crippen molar-refractivity contribution in [2.24, 2.45) is 0 Å². The molecule has 1 radical (unpaired) electrons. The number of aromatic nitrogens is 2. The molecule has 0 aliphatic rings. The van der Waals surface area contributed by atoms with Crippen LogP contribution in [0.25, 0.3) is 66.7 Å². The van der Waals surface area contributed by atoms with Crippen molar-refractivity contribution in [3.05, 3.63) is 167 Å². The second-order valence-electron chi connectivity index (χ2n) is 15.8. The van der Waals surface area contributed by atoms with Crippen molar-refractivity contribution < 1.29 is 41.0 Å². The molecule has 3 heterocycles. The van der Waals surface area contributed by atoms with Gasteiger partial charge in [0.25, 0.3) is 0 Å². The van der Waals surface area contributed by atoms with E-state index >= 15 is 0 Å². The SMILES string of the molecule is [2H]C([2H])([2H])c1c[c-]c(-c2ccc(C(C)(C)C)cn2)cc1.[2H]C([2H])([2H])c1cc(-c2cc(-c3[c-]ccc4c3oc3ccccc34)ncc2C([2H])([2H])[2H])c(C([2H])([2H])[2H])cc1-c1ccc(C(C)(C)C)cc1.[Ir]. The summed E-state index contributed by atoms with van der Waals surface area (Å²) < 4.78 is 104. The van der Waals surface area contributed by atoms with Gasteiger partial charge in [0, 0.05) is 54.3 Å². The van der Waals surface area contributed by atoms with E-state index in [0.29, 0.717) is 33.6 Å². The van der Waals surface area contributed by atoms with Gasteiger partial charge in [0.2, 0.25) is 0 Å². The van der Waals surface area contributed by atoms with Crippen LogP contribution < -0.4 is 0 Å². The van der Waals surface area contributed by atoms with E-state index in [1.54, 1.807) is 30.3 Å². The third-order valence-electron chi connectivity index (χ3n) is 9.73. The zero-order chi connectivity index (χ0) is 49.1. The van der Waals surface area contributed by atoms with Crippen molar-refractivity contribution in [1.82, 2.24) is 9.97 Å². The number of benzene rings is 5. The first-order valence-corrected chi connectivity index (χ1v) is 18.1. The molecule has 0 spiro atoms. The molecule has 0 amide bonds. The van der Waals surface area contributed by atoms with Crippen LogP contribution in [0.4, 0.5) is 0 Å². The number of nitrogens with zero attached hydrogens (tertiary/aromatic N) is 2. The summed E-state index contributed by atoms with van der Waals surface area (Å²) in [6.45, 7) is 2.47. The first kappa shape index (κ1) is 27.4. The van der Waals surface area contributed by atoms with Crippen molar-refractivity contribution in [1.29, 1.82) is 0 Å². The van der Waals surface area contributed by atoms with Gasteiger partial charge in [0.15, 0.2) is 0 Å². The van der Waals surface area contributed by atoms with Crippen LogP contribution in [0.15, 0.2) is 126 Å². The van der Waals surface area contributed by atoms with Crippen molar-refractivity contribution in [3.63, 3.8) is 0 Å². The number of pyridine rings is 2. The number of fused-ring (bicyclic) bond motifs is 3. The van der Waals surface area contributed by atoms with E-state index in [2.05, 4.69) is 63.6 Å². The summed E-state index contributed by atoms with van der Waals surface area (Å²) in [4.78, 5) is 8.91. The van der Waals surface area contributed by atoms with Crippen LogP contribution in [0, 0.1) is 39.5 Å². The number of aryl methyl sites for hydroxylation is 4. The molecule has 0 fully saturated rings. The van der Waals surface area contributed by atoms with Crippen LogP contribution in [0.2, 0.25) is 0 Å². The summed E-state index contributed by atoms with van der Waals surface area (Å²) in [6, 6.07) is 37.7. The fraction of sp³-hybridized carbons (Fsp3) is 0.231. The quantitative estimate of drug-likeness (QED) is 0.165. The predicted octanol–water partition coefficient (Wildman–Crippen LogP) is 14.2. The molecule has 0 unspecified atom stereocenters. The molecule has 3 nitrogen and oxygen atoms in total.